The van der Waals surface area contributed by atoms with E-state index in [0.29, 0.717) is 18.2 Å². The van der Waals surface area contributed by atoms with Crippen LogP contribution in [0, 0.1) is 17.2 Å². The lowest BCUT2D eigenvalue weighted by Gasteiger charge is -2.31. The molecule has 0 amide bonds. The molecule has 18 heavy (non-hydrogen) atoms. The second kappa shape index (κ2) is 5.83. The van der Waals surface area contributed by atoms with Crippen molar-refractivity contribution in [2.75, 3.05) is 25.2 Å². The Bertz CT molecular complexity index is 437. The van der Waals surface area contributed by atoms with E-state index in [1.54, 1.807) is 25.6 Å². The summed E-state index contributed by atoms with van der Waals surface area (Å²) in [6, 6.07) is 4.46. The Labute approximate surface area is 108 Å². The van der Waals surface area contributed by atoms with Gasteiger partial charge >= 0.3 is 0 Å². The van der Waals surface area contributed by atoms with E-state index in [1.807, 2.05) is 0 Å². The Balaban J connectivity index is 2.23. The highest BCUT2D eigenvalue weighted by Crippen LogP contribution is 2.37. The summed E-state index contributed by atoms with van der Waals surface area (Å²) in [5.74, 6) is 0.744. The van der Waals surface area contributed by atoms with Crippen LogP contribution in [0.4, 0.5) is 5.69 Å². The van der Waals surface area contributed by atoms with Crippen LogP contribution < -0.4 is 4.90 Å². The fourth-order valence-electron chi connectivity index (χ4n) is 2.28. The summed E-state index contributed by atoms with van der Waals surface area (Å²) < 4.78 is 5.17. The maximum atomic E-state index is 9.19. The van der Waals surface area contributed by atoms with Gasteiger partial charge in [0.15, 0.2) is 0 Å². The molecule has 0 N–H and O–H groups in total. The fourth-order valence-corrected chi connectivity index (χ4v) is 2.28. The van der Waals surface area contributed by atoms with Gasteiger partial charge in [-0.15, -0.1) is 0 Å². The number of ether oxygens (including phenoxy) is 1. The third-order valence-corrected chi connectivity index (χ3v) is 3.56. The minimum atomic E-state index is 0.441. The maximum Gasteiger partial charge on any atom is 0.101 e. The van der Waals surface area contributed by atoms with Crippen molar-refractivity contribution in [3.63, 3.8) is 0 Å². The molecule has 0 saturated heterocycles. The van der Waals surface area contributed by atoms with Crippen LogP contribution in [-0.2, 0) is 4.74 Å². The molecule has 1 atom stereocenters. The first-order valence-corrected chi connectivity index (χ1v) is 6.37. The molecule has 0 bridgehead atoms. The van der Waals surface area contributed by atoms with Gasteiger partial charge in [0.2, 0.25) is 0 Å². The number of pyridine rings is 1. The standard InChI is InChI=1S/C14H19N3O/c1-11(12-3-4-12)17(7-8-18-2)14-10-16-6-5-13(14)9-15/h5-6,10-12H,3-4,7-8H2,1-2H3. The van der Waals surface area contributed by atoms with Gasteiger partial charge in [0.25, 0.3) is 0 Å². The normalized spacial score (nSPS) is 16.1. The number of rotatable bonds is 6. The highest BCUT2D eigenvalue weighted by Gasteiger charge is 2.32. The Hall–Kier alpha value is -1.60. The number of nitrogens with zero attached hydrogens (tertiary/aromatic N) is 3. The molecule has 1 aliphatic carbocycles. The van der Waals surface area contributed by atoms with E-state index >= 15 is 0 Å². The second-order valence-corrected chi connectivity index (χ2v) is 4.77. The van der Waals surface area contributed by atoms with Gasteiger partial charge in [0, 0.05) is 25.9 Å². The molecule has 1 aromatic heterocycles. The first kappa shape index (κ1) is 12.8. The van der Waals surface area contributed by atoms with E-state index in [-0.39, 0.29) is 0 Å². The summed E-state index contributed by atoms with van der Waals surface area (Å²) in [7, 11) is 1.70. The van der Waals surface area contributed by atoms with E-state index < -0.39 is 0 Å². The Morgan fingerprint density at radius 2 is 2.39 bits per heavy atom. The van der Waals surface area contributed by atoms with Crippen molar-refractivity contribution < 1.29 is 4.74 Å². The molecule has 4 heteroatoms. The number of aromatic nitrogens is 1. The summed E-state index contributed by atoms with van der Waals surface area (Å²) in [4.78, 5) is 6.41. The van der Waals surface area contributed by atoms with E-state index in [9.17, 15) is 5.26 Å². The van der Waals surface area contributed by atoms with Gasteiger partial charge in [-0.25, -0.2) is 0 Å². The Morgan fingerprint density at radius 3 is 3.00 bits per heavy atom. The molecule has 0 aliphatic heterocycles. The van der Waals surface area contributed by atoms with Crippen LogP contribution in [-0.4, -0.2) is 31.3 Å². The van der Waals surface area contributed by atoms with Crippen molar-refractivity contribution in [3.8, 4) is 6.07 Å². The van der Waals surface area contributed by atoms with E-state index in [2.05, 4.69) is 22.9 Å². The van der Waals surface area contributed by atoms with Crippen LogP contribution in [0.5, 0.6) is 0 Å². The summed E-state index contributed by atoms with van der Waals surface area (Å²) in [6.45, 7) is 3.69. The smallest absolute Gasteiger partial charge is 0.101 e. The SMILES string of the molecule is COCCN(c1cnccc1C#N)C(C)C1CC1. The molecule has 2 rings (SSSR count). The van der Waals surface area contributed by atoms with Crippen molar-refractivity contribution in [2.24, 2.45) is 5.92 Å². The van der Waals surface area contributed by atoms with Gasteiger partial charge < -0.3 is 9.64 Å². The zero-order valence-electron chi connectivity index (χ0n) is 11.0. The molecule has 1 aliphatic rings. The first-order chi connectivity index (χ1) is 8.77. The van der Waals surface area contributed by atoms with Gasteiger partial charge in [-0.05, 0) is 31.7 Å². The molecule has 0 radical (unpaired) electrons. The highest BCUT2D eigenvalue weighted by atomic mass is 16.5. The Morgan fingerprint density at radius 1 is 1.61 bits per heavy atom. The van der Waals surface area contributed by atoms with Crippen LogP contribution in [0.2, 0.25) is 0 Å². The third-order valence-electron chi connectivity index (χ3n) is 3.56. The summed E-state index contributed by atoms with van der Waals surface area (Å²) >= 11 is 0. The zero-order valence-corrected chi connectivity index (χ0v) is 11.0. The summed E-state index contributed by atoms with van der Waals surface area (Å²) in [5.41, 5.74) is 1.62. The van der Waals surface area contributed by atoms with Gasteiger partial charge in [0.1, 0.15) is 6.07 Å². The van der Waals surface area contributed by atoms with Gasteiger partial charge in [-0.3, -0.25) is 4.98 Å². The maximum absolute atomic E-state index is 9.19. The van der Waals surface area contributed by atoms with Crippen molar-refractivity contribution in [1.82, 2.24) is 4.98 Å². The molecule has 1 fully saturated rings. The van der Waals surface area contributed by atoms with E-state index in [0.717, 1.165) is 18.2 Å². The topological polar surface area (TPSA) is 49.1 Å². The van der Waals surface area contributed by atoms with Gasteiger partial charge in [0.05, 0.1) is 24.1 Å². The minimum absolute atomic E-state index is 0.441. The quantitative estimate of drug-likeness (QED) is 0.771. The molecular formula is C14H19N3O. The molecule has 1 saturated carbocycles. The first-order valence-electron chi connectivity index (χ1n) is 6.37. The largest absolute Gasteiger partial charge is 0.383 e. The van der Waals surface area contributed by atoms with Crippen LogP contribution in [0.1, 0.15) is 25.3 Å². The van der Waals surface area contributed by atoms with Crippen LogP contribution in [0.3, 0.4) is 0 Å². The number of hydrogen-bond donors (Lipinski definition) is 0. The summed E-state index contributed by atoms with van der Waals surface area (Å²) in [5, 5.41) is 9.19. The molecule has 96 valence electrons. The fraction of sp³-hybridized carbons (Fsp3) is 0.571. The van der Waals surface area contributed by atoms with Crippen molar-refractivity contribution in [2.45, 2.75) is 25.8 Å². The molecule has 0 spiro atoms. The lowest BCUT2D eigenvalue weighted by Crippen LogP contribution is -2.37. The number of nitriles is 1. The van der Waals surface area contributed by atoms with Gasteiger partial charge in [-0.2, -0.15) is 5.26 Å². The van der Waals surface area contributed by atoms with Gasteiger partial charge in [-0.1, -0.05) is 0 Å². The Kier molecular flexibility index (Phi) is 4.16. The lowest BCUT2D eigenvalue weighted by atomic mass is 10.1. The molecular weight excluding hydrogens is 226 g/mol. The molecule has 1 unspecified atom stereocenters. The molecule has 0 aromatic carbocycles. The highest BCUT2D eigenvalue weighted by molar-refractivity contribution is 5.58. The van der Waals surface area contributed by atoms with Crippen molar-refractivity contribution in [3.05, 3.63) is 24.0 Å². The molecule has 1 aromatic rings. The minimum Gasteiger partial charge on any atom is -0.383 e. The van der Waals surface area contributed by atoms with Crippen LogP contribution in [0.25, 0.3) is 0 Å². The average molecular weight is 245 g/mol. The molecule has 1 heterocycles. The average Bonchev–Trinajstić information content (AvgIpc) is 3.23. The monoisotopic (exact) mass is 245 g/mol. The molecule has 4 nitrogen and oxygen atoms in total. The predicted octanol–water partition coefficient (Wildman–Crippen LogP) is 2.20. The lowest BCUT2D eigenvalue weighted by molar-refractivity contribution is 0.202. The second-order valence-electron chi connectivity index (χ2n) is 4.77. The van der Waals surface area contributed by atoms with Crippen LogP contribution in [0.15, 0.2) is 18.5 Å². The van der Waals surface area contributed by atoms with E-state index in [4.69, 9.17) is 4.74 Å². The third kappa shape index (κ3) is 2.80. The number of methoxy groups -OCH3 is 1. The van der Waals surface area contributed by atoms with Crippen molar-refractivity contribution >= 4 is 5.69 Å². The zero-order chi connectivity index (χ0) is 13.0. The summed E-state index contributed by atoms with van der Waals surface area (Å²) in [6.07, 6.45) is 6.02. The van der Waals surface area contributed by atoms with Crippen molar-refractivity contribution in [1.29, 1.82) is 5.26 Å². The number of anilines is 1. The predicted molar refractivity (Wildman–Crippen MR) is 70.4 cm³/mol. The number of hydrogen-bond acceptors (Lipinski definition) is 4. The van der Waals surface area contributed by atoms with E-state index in [1.165, 1.54) is 12.8 Å². The van der Waals surface area contributed by atoms with Crippen LogP contribution >= 0.6 is 0 Å².